The molecule has 0 radical (unpaired) electrons. The van der Waals surface area contributed by atoms with E-state index in [0.717, 1.165) is 0 Å². The lowest BCUT2D eigenvalue weighted by atomic mass is 9.81. The SMILES string of the molecule is CCC(CC)(CN)C(=O)NCC(N)=O. The highest BCUT2D eigenvalue weighted by atomic mass is 16.2. The lowest BCUT2D eigenvalue weighted by Gasteiger charge is -2.28. The first kappa shape index (κ1) is 12.9. The highest BCUT2D eigenvalue weighted by Gasteiger charge is 2.33. The van der Waals surface area contributed by atoms with Gasteiger partial charge in [0, 0.05) is 6.54 Å². The summed E-state index contributed by atoms with van der Waals surface area (Å²) in [5.74, 6) is -0.736. The van der Waals surface area contributed by atoms with E-state index >= 15 is 0 Å². The molecule has 0 aromatic rings. The van der Waals surface area contributed by atoms with E-state index in [-0.39, 0.29) is 19.0 Å². The highest BCUT2D eigenvalue weighted by molar-refractivity contribution is 5.87. The van der Waals surface area contributed by atoms with E-state index in [4.69, 9.17) is 11.5 Å². The third-order valence-corrected chi connectivity index (χ3v) is 2.65. The average Bonchev–Trinajstić information content (AvgIpc) is 2.18. The van der Waals surface area contributed by atoms with E-state index in [0.29, 0.717) is 12.8 Å². The van der Waals surface area contributed by atoms with Crippen LogP contribution in [0.1, 0.15) is 26.7 Å². The van der Waals surface area contributed by atoms with Crippen molar-refractivity contribution in [3.05, 3.63) is 0 Å². The van der Waals surface area contributed by atoms with E-state index in [9.17, 15) is 9.59 Å². The molecule has 0 aliphatic carbocycles. The topological polar surface area (TPSA) is 98.2 Å². The van der Waals surface area contributed by atoms with Gasteiger partial charge in [-0.3, -0.25) is 9.59 Å². The Kier molecular flexibility index (Phi) is 5.15. The molecule has 0 aromatic carbocycles. The molecule has 0 aliphatic heterocycles. The number of carbonyl (C=O) groups excluding carboxylic acids is 2. The molecule has 0 spiro atoms. The van der Waals surface area contributed by atoms with Crippen LogP contribution in [0, 0.1) is 5.41 Å². The Labute approximate surface area is 84.2 Å². The van der Waals surface area contributed by atoms with Crippen molar-refractivity contribution in [2.45, 2.75) is 26.7 Å². The van der Waals surface area contributed by atoms with Gasteiger partial charge < -0.3 is 16.8 Å². The van der Waals surface area contributed by atoms with Crippen molar-refractivity contribution in [3.8, 4) is 0 Å². The van der Waals surface area contributed by atoms with Crippen LogP contribution in [-0.4, -0.2) is 24.9 Å². The highest BCUT2D eigenvalue weighted by Crippen LogP contribution is 2.24. The summed E-state index contributed by atoms with van der Waals surface area (Å²) in [6.45, 7) is 3.96. The standard InChI is InChI=1S/C9H19N3O2/c1-3-9(4-2,6-10)8(14)12-5-7(11)13/h3-6,10H2,1-2H3,(H2,11,13)(H,12,14). The molecule has 0 aliphatic rings. The van der Waals surface area contributed by atoms with Crippen molar-refractivity contribution in [1.82, 2.24) is 5.32 Å². The maximum absolute atomic E-state index is 11.7. The minimum Gasteiger partial charge on any atom is -0.368 e. The molecular weight excluding hydrogens is 182 g/mol. The smallest absolute Gasteiger partial charge is 0.236 e. The minimum atomic E-state index is -0.560. The number of primary amides is 1. The van der Waals surface area contributed by atoms with Crippen LogP contribution in [0.25, 0.3) is 0 Å². The first-order valence-electron chi connectivity index (χ1n) is 4.79. The van der Waals surface area contributed by atoms with Crippen LogP contribution in [0.15, 0.2) is 0 Å². The molecule has 0 aromatic heterocycles. The number of nitrogens with one attached hydrogen (secondary N) is 1. The van der Waals surface area contributed by atoms with Gasteiger partial charge in [-0.15, -0.1) is 0 Å². The molecule has 0 atom stereocenters. The molecule has 5 N–H and O–H groups in total. The Balaban J connectivity index is 4.36. The van der Waals surface area contributed by atoms with Crippen LogP contribution in [0.2, 0.25) is 0 Å². The number of amides is 2. The largest absolute Gasteiger partial charge is 0.368 e. The number of rotatable bonds is 6. The van der Waals surface area contributed by atoms with Crippen LogP contribution in [0.3, 0.4) is 0 Å². The van der Waals surface area contributed by atoms with E-state index in [1.165, 1.54) is 0 Å². The normalized spacial score (nSPS) is 11.1. The zero-order chi connectivity index (χ0) is 11.2. The summed E-state index contributed by atoms with van der Waals surface area (Å²) in [7, 11) is 0. The van der Waals surface area contributed by atoms with Crippen molar-refractivity contribution in [2.24, 2.45) is 16.9 Å². The van der Waals surface area contributed by atoms with Gasteiger partial charge in [-0.2, -0.15) is 0 Å². The number of hydrogen-bond acceptors (Lipinski definition) is 3. The van der Waals surface area contributed by atoms with Gasteiger partial charge in [-0.25, -0.2) is 0 Å². The summed E-state index contributed by atoms with van der Waals surface area (Å²) >= 11 is 0. The molecule has 2 amide bonds. The van der Waals surface area contributed by atoms with Gasteiger partial charge in [0.1, 0.15) is 0 Å². The maximum atomic E-state index is 11.7. The van der Waals surface area contributed by atoms with Crippen LogP contribution < -0.4 is 16.8 Å². The van der Waals surface area contributed by atoms with Gasteiger partial charge in [0.25, 0.3) is 0 Å². The lowest BCUT2D eigenvalue weighted by molar-refractivity contribution is -0.132. The number of carbonyl (C=O) groups is 2. The second kappa shape index (κ2) is 5.59. The van der Waals surface area contributed by atoms with Gasteiger partial charge in [0.05, 0.1) is 12.0 Å². The molecule has 5 nitrogen and oxygen atoms in total. The van der Waals surface area contributed by atoms with Gasteiger partial charge in [-0.1, -0.05) is 13.8 Å². The van der Waals surface area contributed by atoms with Crippen molar-refractivity contribution in [2.75, 3.05) is 13.1 Å². The summed E-state index contributed by atoms with van der Waals surface area (Å²) in [4.78, 5) is 22.1. The molecule has 0 rings (SSSR count). The predicted octanol–water partition coefficient (Wildman–Crippen LogP) is -0.647. The van der Waals surface area contributed by atoms with Crippen LogP contribution >= 0.6 is 0 Å². The Bertz CT molecular complexity index is 204. The second-order valence-corrected chi connectivity index (χ2v) is 3.34. The van der Waals surface area contributed by atoms with E-state index in [1.807, 2.05) is 13.8 Å². The molecule has 0 fully saturated rings. The summed E-state index contributed by atoms with van der Waals surface area (Å²) in [5, 5.41) is 2.48. The first-order chi connectivity index (χ1) is 6.52. The van der Waals surface area contributed by atoms with Crippen LogP contribution in [0.4, 0.5) is 0 Å². The predicted molar refractivity (Wildman–Crippen MR) is 54.3 cm³/mol. The van der Waals surface area contributed by atoms with Gasteiger partial charge in [0.2, 0.25) is 11.8 Å². The molecule has 0 bridgehead atoms. The fourth-order valence-electron chi connectivity index (χ4n) is 1.31. The van der Waals surface area contributed by atoms with Crippen LogP contribution in [0.5, 0.6) is 0 Å². The molecule has 0 saturated carbocycles. The van der Waals surface area contributed by atoms with Crippen LogP contribution in [-0.2, 0) is 9.59 Å². The molecule has 14 heavy (non-hydrogen) atoms. The zero-order valence-corrected chi connectivity index (χ0v) is 8.80. The Morgan fingerprint density at radius 3 is 2.07 bits per heavy atom. The monoisotopic (exact) mass is 201 g/mol. The quantitative estimate of drug-likeness (QED) is 0.532. The maximum Gasteiger partial charge on any atom is 0.236 e. The molecular formula is C9H19N3O2. The third-order valence-electron chi connectivity index (χ3n) is 2.65. The Morgan fingerprint density at radius 2 is 1.79 bits per heavy atom. The lowest BCUT2D eigenvalue weighted by Crippen LogP contribution is -2.47. The third kappa shape index (κ3) is 2.99. The average molecular weight is 201 g/mol. The Morgan fingerprint density at radius 1 is 1.29 bits per heavy atom. The van der Waals surface area contributed by atoms with Gasteiger partial charge in [-0.05, 0) is 12.8 Å². The van der Waals surface area contributed by atoms with E-state index < -0.39 is 11.3 Å². The Hall–Kier alpha value is -1.10. The van der Waals surface area contributed by atoms with Crippen molar-refractivity contribution >= 4 is 11.8 Å². The summed E-state index contributed by atoms with van der Waals surface area (Å²) in [6.07, 6.45) is 1.31. The fraction of sp³-hybridized carbons (Fsp3) is 0.778. The molecule has 0 saturated heterocycles. The summed E-state index contributed by atoms with van der Waals surface area (Å²) in [5.41, 5.74) is 9.92. The second-order valence-electron chi connectivity index (χ2n) is 3.34. The van der Waals surface area contributed by atoms with Gasteiger partial charge >= 0.3 is 0 Å². The number of nitrogens with two attached hydrogens (primary N) is 2. The molecule has 0 unspecified atom stereocenters. The van der Waals surface area contributed by atoms with E-state index in [1.54, 1.807) is 0 Å². The summed E-state index contributed by atoms with van der Waals surface area (Å²) in [6, 6.07) is 0. The fourth-order valence-corrected chi connectivity index (χ4v) is 1.31. The van der Waals surface area contributed by atoms with Crippen molar-refractivity contribution < 1.29 is 9.59 Å². The molecule has 0 heterocycles. The molecule has 82 valence electrons. The van der Waals surface area contributed by atoms with Crippen molar-refractivity contribution in [1.29, 1.82) is 0 Å². The van der Waals surface area contributed by atoms with Gasteiger partial charge in [0.15, 0.2) is 0 Å². The van der Waals surface area contributed by atoms with E-state index in [2.05, 4.69) is 5.32 Å². The zero-order valence-electron chi connectivity index (χ0n) is 8.80. The summed E-state index contributed by atoms with van der Waals surface area (Å²) < 4.78 is 0. The number of hydrogen-bond donors (Lipinski definition) is 3. The minimum absolute atomic E-state index is 0.124. The molecule has 5 heteroatoms. The van der Waals surface area contributed by atoms with Crippen molar-refractivity contribution in [3.63, 3.8) is 0 Å². The first-order valence-corrected chi connectivity index (χ1v) is 4.79.